The molecule has 0 saturated carbocycles. The lowest BCUT2D eigenvalue weighted by Crippen LogP contribution is -2.22. The van der Waals surface area contributed by atoms with E-state index in [0.29, 0.717) is 0 Å². The van der Waals surface area contributed by atoms with E-state index in [2.05, 4.69) is 49.3 Å². The van der Waals surface area contributed by atoms with Crippen molar-refractivity contribution in [1.82, 2.24) is 5.32 Å². The van der Waals surface area contributed by atoms with Gasteiger partial charge in [0, 0.05) is 25.8 Å². The van der Waals surface area contributed by atoms with E-state index in [1.165, 1.54) is 23.2 Å². The Bertz CT molecular complexity index is 377. The molecule has 3 heteroatoms. The number of aliphatic hydroxyl groups is 1. The molecule has 108 valence electrons. The van der Waals surface area contributed by atoms with Gasteiger partial charge in [0.1, 0.15) is 0 Å². The van der Waals surface area contributed by atoms with Gasteiger partial charge in [-0.05, 0) is 56.5 Å². The molecule has 0 bridgehead atoms. The van der Waals surface area contributed by atoms with E-state index in [0.717, 1.165) is 26.1 Å². The summed E-state index contributed by atoms with van der Waals surface area (Å²) in [6, 6.07) is 6.59. The zero-order valence-electron chi connectivity index (χ0n) is 12.7. The summed E-state index contributed by atoms with van der Waals surface area (Å²) in [7, 11) is 2.08. The Labute approximate surface area is 117 Å². The normalized spacial score (nSPS) is 12.5. The van der Waals surface area contributed by atoms with Crippen LogP contribution in [0.5, 0.6) is 0 Å². The van der Waals surface area contributed by atoms with Gasteiger partial charge in [-0.15, -0.1) is 0 Å². The van der Waals surface area contributed by atoms with Crippen LogP contribution in [0.1, 0.15) is 37.8 Å². The molecule has 1 rings (SSSR count). The molecule has 0 aliphatic carbocycles. The molecule has 2 N–H and O–H groups in total. The van der Waals surface area contributed by atoms with Gasteiger partial charge >= 0.3 is 0 Å². The molecule has 1 atom stereocenters. The standard InChI is InChI=1S/C16H28N2O/c1-5-9-17-12-15-6-7-16(11-13(15)2)18(4)10-8-14(3)19/h6-7,11,14,17,19H,5,8-10,12H2,1-4H3. The third-order valence-electron chi connectivity index (χ3n) is 3.39. The maximum absolute atomic E-state index is 9.33. The molecule has 0 amide bonds. The average Bonchev–Trinajstić information content (AvgIpc) is 2.38. The first-order valence-electron chi connectivity index (χ1n) is 7.24. The summed E-state index contributed by atoms with van der Waals surface area (Å²) >= 11 is 0. The molecule has 0 spiro atoms. The minimum absolute atomic E-state index is 0.235. The van der Waals surface area contributed by atoms with Crippen LogP contribution in [-0.2, 0) is 6.54 Å². The number of nitrogens with one attached hydrogen (secondary N) is 1. The lowest BCUT2D eigenvalue weighted by Gasteiger charge is -2.21. The van der Waals surface area contributed by atoms with Gasteiger partial charge in [0.25, 0.3) is 0 Å². The summed E-state index contributed by atoms with van der Waals surface area (Å²) in [5.41, 5.74) is 3.91. The minimum Gasteiger partial charge on any atom is -0.393 e. The van der Waals surface area contributed by atoms with Crippen molar-refractivity contribution in [1.29, 1.82) is 0 Å². The number of aryl methyl sites for hydroxylation is 1. The summed E-state index contributed by atoms with van der Waals surface area (Å²) in [4.78, 5) is 2.20. The number of benzene rings is 1. The van der Waals surface area contributed by atoms with Crippen LogP contribution in [0.25, 0.3) is 0 Å². The fourth-order valence-electron chi connectivity index (χ4n) is 2.03. The Balaban J connectivity index is 2.59. The Morgan fingerprint density at radius 3 is 2.68 bits per heavy atom. The highest BCUT2D eigenvalue weighted by molar-refractivity contribution is 5.50. The monoisotopic (exact) mass is 264 g/mol. The molecule has 1 aromatic carbocycles. The summed E-state index contributed by atoms with van der Waals surface area (Å²) in [6.45, 7) is 9.06. The Hall–Kier alpha value is -1.06. The number of anilines is 1. The molecule has 0 fully saturated rings. The van der Waals surface area contributed by atoms with Crippen molar-refractivity contribution < 1.29 is 5.11 Å². The number of aliphatic hydroxyl groups excluding tert-OH is 1. The highest BCUT2D eigenvalue weighted by Gasteiger charge is 2.05. The molecule has 3 nitrogen and oxygen atoms in total. The van der Waals surface area contributed by atoms with Gasteiger partial charge in [0.05, 0.1) is 6.10 Å². The molecule has 1 aromatic rings. The van der Waals surface area contributed by atoms with Crippen LogP contribution in [0.3, 0.4) is 0 Å². The number of hydrogen-bond donors (Lipinski definition) is 2. The van der Waals surface area contributed by atoms with Crippen LogP contribution >= 0.6 is 0 Å². The van der Waals surface area contributed by atoms with Gasteiger partial charge in [0.2, 0.25) is 0 Å². The average molecular weight is 264 g/mol. The number of hydrogen-bond acceptors (Lipinski definition) is 3. The number of rotatable bonds is 8. The second kappa shape index (κ2) is 8.18. The van der Waals surface area contributed by atoms with E-state index in [4.69, 9.17) is 0 Å². The second-order valence-corrected chi connectivity index (χ2v) is 5.35. The first-order chi connectivity index (χ1) is 9.04. The summed E-state index contributed by atoms with van der Waals surface area (Å²) < 4.78 is 0. The van der Waals surface area contributed by atoms with Crippen molar-refractivity contribution in [2.24, 2.45) is 0 Å². The summed E-state index contributed by atoms with van der Waals surface area (Å²) in [6.07, 6.45) is 1.73. The van der Waals surface area contributed by atoms with E-state index in [1.54, 1.807) is 0 Å². The fourth-order valence-corrected chi connectivity index (χ4v) is 2.03. The first-order valence-corrected chi connectivity index (χ1v) is 7.24. The third-order valence-corrected chi connectivity index (χ3v) is 3.39. The lowest BCUT2D eigenvalue weighted by molar-refractivity contribution is 0.187. The summed E-state index contributed by atoms with van der Waals surface area (Å²) in [5, 5.41) is 12.8. The molecule has 0 aliphatic rings. The van der Waals surface area contributed by atoms with E-state index >= 15 is 0 Å². The van der Waals surface area contributed by atoms with E-state index in [9.17, 15) is 5.11 Å². The number of nitrogens with zero attached hydrogens (tertiary/aromatic N) is 1. The van der Waals surface area contributed by atoms with Crippen LogP contribution in [0.15, 0.2) is 18.2 Å². The SMILES string of the molecule is CCCNCc1ccc(N(C)CCC(C)O)cc1C. The molecule has 0 saturated heterocycles. The molecule has 0 aliphatic heterocycles. The highest BCUT2D eigenvalue weighted by atomic mass is 16.3. The summed E-state index contributed by atoms with van der Waals surface area (Å²) in [5.74, 6) is 0. The predicted molar refractivity (Wildman–Crippen MR) is 82.7 cm³/mol. The molecular formula is C16H28N2O. The van der Waals surface area contributed by atoms with Crippen LogP contribution in [0.2, 0.25) is 0 Å². The van der Waals surface area contributed by atoms with Crippen molar-refractivity contribution in [3.63, 3.8) is 0 Å². The topological polar surface area (TPSA) is 35.5 Å². The van der Waals surface area contributed by atoms with Gasteiger partial charge in [-0.25, -0.2) is 0 Å². The van der Waals surface area contributed by atoms with Gasteiger partial charge in [0.15, 0.2) is 0 Å². The predicted octanol–water partition coefficient (Wildman–Crippen LogP) is 2.70. The van der Waals surface area contributed by atoms with Crippen LogP contribution in [-0.4, -0.2) is 31.3 Å². The minimum atomic E-state index is -0.235. The highest BCUT2D eigenvalue weighted by Crippen LogP contribution is 2.18. The van der Waals surface area contributed by atoms with Gasteiger partial charge in [-0.1, -0.05) is 13.0 Å². The molecular weight excluding hydrogens is 236 g/mol. The molecule has 0 heterocycles. The maximum atomic E-state index is 9.33. The molecule has 19 heavy (non-hydrogen) atoms. The third kappa shape index (κ3) is 5.62. The van der Waals surface area contributed by atoms with E-state index in [-0.39, 0.29) is 6.10 Å². The van der Waals surface area contributed by atoms with Crippen LogP contribution in [0.4, 0.5) is 5.69 Å². The molecule has 0 aromatic heterocycles. The Morgan fingerprint density at radius 2 is 2.11 bits per heavy atom. The van der Waals surface area contributed by atoms with Gasteiger partial charge in [-0.2, -0.15) is 0 Å². The maximum Gasteiger partial charge on any atom is 0.0528 e. The van der Waals surface area contributed by atoms with Crippen molar-refractivity contribution in [2.45, 2.75) is 46.3 Å². The van der Waals surface area contributed by atoms with Crippen molar-refractivity contribution in [3.8, 4) is 0 Å². The van der Waals surface area contributed by atoms with Crippen molar-refractivity contribution in [2.75, 3.05) is 25.0 Å². The zero-order valence-corrected chi connectivity index (χ0v) is 12.7. The van der Waals surface area contributed by atoms with Crippen LogP contribution in [0, 0.1) is 6.92 Å². The van der Waals surface area contributed by atoms with Gasteiger partial charge < -0.3 is 15.3 Å². The first kappa shape index (κ1) is 16.0. The zero-order chi connectivity index (χ0) is 14.3. The van der Waals surface area contributed by atoms with E-state index in [1.807, 2.05) is 6.92 Å². The van der Waals surface area contributed by atoms with Crippen LogP contribution < -0.4 is 10.2 Å². The van der Waals surface area contributed by atoms with Crippen molar-refractivity contribution >= 4 is 5.69 Å². The molecule has 0 radical (unpaired) electrons. The largest absolute Gasteiger partial charge is 0.393 e. The smallest absolute Gasteiger partial charge is 0.0528 e. The Morgan fingerprint density at radius 1 is 1.37 bits per heavy atom. The fraction of sp³-hybridized carbons (Fsp3) is 0.625. The van der Waals surface area contributed by atoms with E-state index < -0.39 is 0 Å². The van der Waals surface area contributed by atoms with Crippen molar-refractivity contribution in [3.05, 3.63) is 29.3 Å². The second-order valence-electron chi connectivity index (χ2n) is 5.35. The Kier molecular flexibility index (Phi) is 6.89. The molecule has 1 unspecified atom stereocenters. The lowest BCUT2D eigenvalue weighted by atomic mass is 10.1. The quantitative estimate of drug-likeness (QED) is 0.709. The van der Waals surface area contributed by atoms with Gasteiger partial charge in [-0.3, -0.25) is 0 Å².